The Labute approximate surface area is 195 Å². The Bertz CT molecular complexity index is 1030. The van der Waals surface area contributed by atoms with E-state index in [1.165, 1.54) is 55.5 Å². The Balaban J connectivity index is 1.55. The molecule has 1 N–H and O–H groups in total. The highest BCUT2D eigenvalue weighted by Crippen LogP contribution is 2.35. The van der Waals surface area contributed by atoms with Crippen LogP contribution >= 0.6 is 11.6 Å². The fourth-order valence-electron chi connectivity index (χ4n) is 3.53. The first-order valence-corrected chi connectivity index (χ1v) is 10.6. The van der Waals surface area contributed by atoms with Gasteiger partial charge in [-0.15, -0.1) is 0 Å². The zero-order chi connectivity index (χ0) is 24.0. The number of hydrogen-bond donors (Lipinski definition) is 1. The molecule has 0 radical (unpaired) electrons. The lowest BCUT2D eigenvalue weighted by atomic mass is 9.97. The number of anilines is 1. The number of benzene rings is 2. The molecule has 0 saturated carbocycles. The van der Waals surface area contributed by atoms with Gasteiger partial charge in [0, 0.05) is 30.8 Å². The van der Waals surface area contributed by atoms with Gasteiger partial charge < -0.3 is 24.4 Å². The van der Waals surface area contributed by atoms with Gasteiger partial charge >= 0.3 is 5.97 Å². The molecule has 2 aromatic rings. The topological polar surface area (TPSA) is 94.2 Å². The van der Waals surface area contributed by atoms with E-state index < -0.39 is 30.2 Å². The maximum Gasteiger partial charge on any atom is 0.311 e. The highest BCUT2D eigenvalue weighted by molar-refractivity contribution is 6.32. The molecule has 1 fully saturated rings. The van der Waals surface area contributed by atoms with Gasteiger partial charge in [-0.3, -0.25) is 14.4 Å². The molecule has 1 aliphatic heterocycles. The van der Waals surface area contributed by atoms with Crippen molar-refractivity contribution in [3.05, 3.63) is 52.8 Å². The van der Waals surface area contributed by atoms with Crippen molar-refractivity contribution in [3.8, 4) is 11.5 Å². The first kappa shape index (κ1) is 24.3. The van der Waals surface area contributed by atoms with Crippen molar-refractivity contribution in [1.82, 2.24) is 4.90 Å². The molecule has 3 rings (SSSR count). The van der Waals surface area contributed by atoms with E-state index in [1.807, 2.05) is 0 Å². The number of nitrogens with one attached hydrogen (secondary N) is 1. The number of ether oxygens (including phenoxy) is 3. The molecule has 176 valence electrons. The van der Waals surface area contributed by atoms with Crippen molar-refractivity contribution < 1.29 is 33.0 Å². The lowest BCUT2D eigenvalue weighted by molar-refractivity contribution is -0.152. The molecule has 1 unspecified atom stereocenters. The van der Waals surface area contributed by atoms with Gasteiger partial charge in [0.05, 0.1) is 30.8 Å². The minimum atomic E-state index is -0.568. The first-order chi connectivity index (χ1) is 15.8. The number of amides is 2. The number of piperidine rings is 1. The van der Waals surface area contributed by atoms with Crippen LogP contribution in [0.5, 0.6) is 11.5 Å². The van der Waals surface area contributed by atoms with Gasteiger partial charge in [-0.05, 0) is 37.1 Å². The van der Waals surface area contributed by atoms with E-state index in [4.69, 9.17) is 25.8 Å². The number of carbonyl (C=O) groups excluding carboxylic acids is 3. The molecule has 0 bridgehead atoms. The molecule has 1 saturated heterocycles. The van der Waals surface area contributed by atoms with E-state index in [0.29, 0.717) is 47.2 Å². The molecule has 1 aliphatic rings. The van der Waals surface area contributed by atoms with Crippen LogP contribution in [0.2, 0.25) is 5.02 Å². The third kappa shape index (κ3) is 6.13. The summed E-state index contributed by atoms with van der Waals surface area (Å²) in [7, 11) is 2.87. The van der Waals surface area contributed by atoms with Crippen LogP contribution < -0.4 is 14.8 Å². The minimum absolute atomic E-state index is 0.166. The van der Waals surface area contributed by atoms with Crippen LogP contribution in [-0.2, 0) is 14.3 Å². The van der Waals surface area contributed by atoms with Crippen LogP contribution in [-0.4, -0.2) is 56.6 Å². The predicted molar refractivity (Wildman–Crippen MR) is 119 cm³/mol. The third-order valence-corrected chi connectivity index (χ3v) is 5.52. The highest BCUT2D eigenvalue weighted by atomic mass is 35.5. The number of hydrogen-bond acceptors (Lipinski definition) is 6. The Kier molecular flexibility index (Phi) is 8.11. The molecule has 0 spiro atoms. The van der Waals surface area contributed by atoms with Gasteiger partial charge in [-0.25, -0.2) is 4.39 Å². The second kappa shape index (κ2) is 11.0. The number of carbonyl (C=O) groups is 3. The van der Waals surface area contributed by atoms with Crippen molar-refractivity contribution in [2.24, 2.45) is 5.92 Å². The fourth-order valence-corrected chi connectivity index (χ4v) is 3.76. The monoisotopic (exact) mass is 478 g/mol. The zero-order valence-corrected chi connectivity index (χ0v) is 19.0. The molecular formula is C23H24ClFN2O6. The highest BCUT2D eigenvalue weighted by Gasteiger charge is 2.30. The quantitative estimate of drug-likeness (QED) is 0.612. The number of rotatable bonds is 7. The Morgan fingerprint density at radius 3 is 2.48 bits per heavy atom. The second-order valence-electron chi connectivity index (χ2n) is 7.44. The van der Waals surface area contributed by atoms with E-state index in [-0.39, 0.29) is 12.5 Å². The van der Waals surface area contributed by atoms with E-state index in [1.54, 1.807) is 0 Å². The molecule has 8 nitrogen and oxygen atoms in total. The number of likely N-dealkylation sites (tertiary alicyclic amines) is 1. The fraction of sp³-hybridized carbons (Fsp3) is 0.348. The van der Waals surface area contributed by atoms with Crippen LogP contribution in [0.15, 0.2) is 36.4 Å². The molecule has 10 heteroatoms. The summed E-state index contributed by atoms with van der Waals surface area (Å²) in [6.45, 7) is 0.146. The van der Waals surface area contributed by atoms with Crippen LogP contribution in [0.25, 0.3) is 0 Å². The number of halogens is 2. The van der Waals surface area contributed by atoms with Crippen LogP contribution in [0.4, 0.5) is 10.1 Å². The molecule has 0 aromatic heterocycles. The molecule has 33 heavy (non-hydrogen) atoms. The van der Waals surface area contributed by atoms with Gasteiger partial charge in [0.2, 0.25) is 0 Å². The van der Waals surface area contributed by atoms with E-state index in [0.717, 1.165) is 0 Å². The maximum atomic E-state index is 13.1. The SMILES string of the molecule is COc1cc(NC(=O)COC(=O)C2CCCN(C(=O)c3ccc(F)cc3)C2)c(OC)cc1Cl. The molecule has 0 aliphatic carbocycles. The van der Waals surface area contributed by atoms with Gasteiger partial charge in [0.15, 0.2) is 6.61 Å². The summed E-state index contributed by atoms with van der Waals surface area (Å²) in [5, 5.41) is 2.92. The molecule has 1 atom stereocenters. The normalized spacial score (nSPS) is 15.5. The number of nitrogens with zero attached hydrogens (tertiary/aromatic N) is 1. The van der Waals surface area contributed by atoms with E-state index >= 15 is 0 Å². The smallest absolute Gasteiger partial charge is 0.311 e. The van der Waals surface area contributed by atoms with Crippen LogP contribution in [0.1, 0.15) is 23.2 Å². The molecular weight excluding hydrogens is 455 g/mol. The summed E-state index contributed by atoms with van der Waals surface area (Å²) >= 11 is 6.05. The summed E-state index contributed by atoms with van der Waals surface area (Å²) in [5.74, 6) is -1.74. The van der Waals surface area contributed by atoms with Crippen molar-refractivity contribution in [2.45, 2.75) is 12.8 Å². The van der Waals surface area contributed by atoms with Crippen LogP contribution in [0, 0.1) is 11.7 Å². The second-order valence-corrected chi connectivity index (χ2v) is 7.85. The van der Waals surface area contributed by atoms with E-state index in [9.17, 15) is 18.8 Å². The summed E-state index contributed by atoms with van der Waals surface area (Å²) < 4.78 is 28.6. The largest absolute Gasteiger partial charge is 0.495 e. The first-order valence-electron chi connectivity index (χ1n) is 10.2. The van der Waals surface area contributed by atoms with Crippen molar-refractivity contribution in [3.63, 3.8) is 0 Å². The maximum absolute atomic E-state index is 13.1. The summed E-state index contributed by atoms with van der Waals surface area (Å²) in [6, 6.07) is 8.24. The molecule has 1 heterocycles. The standard InChI is InChI=1S/C23H24ClFN2O6/c1-31-19-11-18(20(32-2)10-17(19)24)26-21(28)13-33-23(30)15-4-3-9-27(12-15)22(29)14-5-7-16(25)8-6-14/h5-8,10-11,15H,3-4,9,12-13H2,1-2H3,(H,26,28). The Hall–Kier alpha value is -3.33. The lowest BCUT2D eigenvalue weighted by Crippen LogP contribution is -2.43. The minimum Gasteiger partial charge on any atom is -0.495 e. The summed E-state index contributed by atoms with van der Waals surface area (Å²) in [4.78, 5) is 39.0. The van der Waals surface area contributed by atoms with Crippen molar-refractivity contribution in [1.29, 1.82) is 0 Å². The van der Waals surface area contributed by atoms with Crippen molar-refractivity contribution >= 4 is 35.1 Å². The molecule has 2 amide bonds. The lowest BCUT2D eigenvalue weighted by Gasteiger charge is -2.31. The van der Waals surface area contributed by atoms with Gasteiger partial charge in [-0.1, -0.05) is 11.6 Å². The van der Waals surface area contributed by atoms with Gasteiger partial charge in [0.25, 0.3) is 11.8 Å². The van der Waals surface area contributed by atoms with Crippen LogP contribution in [0.3, 0.4) is 0 Å². The Morgan fingerprint density at radius 1 is 1.12 bits per heavy atom. The number of methoxy groups -OCH3 is 2. The zero-order valence-electron chi connectivity index (χ0n) is 18.2. The van der Waals surface area contributed by atoms with Gasteiger partial charge in [0.1, 0.15) is 17.3 Å². The third-order valence-electron chi connectivity index (χ3n) is 5.23. The molecule has 2 aromatic carbocycles. The Morgan fingerprint density at radius 2 is 1.82 bits per heavy atom. The average molecular weight is 479 g/mol. The van der Waals surface area contributed by atoms with Gasteiger partial charge in [-0.2, -0.15) is 0 Å². The summed E-state index contributed by atoms with van der Waals surface area (Å²) in [5.41, 5.74) is 0.658. The number of esters is 1. The van der Waals surface area contributed by atoms with E-state index in [2.05, 4.69) is 5.32 Å². The van der Waals surface area contributed by atoms with Crippen molar-refractivity contribution in [2.75, 3.05) is 39.2 Å². The predicted octanol–water partition coefficient (Wildman–Crippen LogP) is 3.53. The average Bonchev–Trinajstić information content (AvgIpc) is 2.83. The summed E-state index contributed by atoms with van der Waals surface area (Å²) in [6.07, 6.45) is 1.15.